The van der Waals surface area contributed by atoms with E-state index in [0.29, 0.717) is 35.6 Å². The van der Waals surface area contributed by atoms with E-state index >= 15 is 0 Å². The number of rotatable bonds is 7. The van der Waals surface area contributed by atoms with E-state index < -0.39 is 22.0 Å². The highest BCUT2D eigenvalue weighted by Crippen LogP contribution is 2.36. The number of aryl methyl sites for hydroxylation is 1. The maximum absolute atomic E-state index is 13.4. The minimum absolute atomic E-state index is 0.0936. The first kappa shape index (κ1) is 25.4. The minimum atomic E-state index is -4.11. The molecule has 1 fully saturated rings. The van der Waals surface area contributed by atoms with E-state index in [1.807, 2.05) is 0 Å². The number of nitrogens with zero attached hydrogens (tertiary/aromatic N) is 3. The summed E-state index contributed by atoms with van der Waals surface area (Å²) in [6.07, 6.45) is 2.60. The van der Waals surface area contributed by atoms with Gasteiger partial charge in [-0.25, -0.2) is 13.4 Å². The molecule has 4 rings (SSSR count). The summed E-state index contributed by atoms with van der Waals surface area (Å²) in [6, 6.07) is 5.22. The second-order valence-electron chi connectivity index (χ2n) is 8.09. The van der Waals surface area contributed by atoms with Crippen molar-refractivity contribution in [2.24, 2.45) is 0 Å². The molecule has 1 atom stereocenters. The summed E-state index contributed by atoms with van der Waals surface area (Å²) in [5.74, 6) is -0.384. The lowest BCUT2D eigenvalue weighted by Crippen LogP contribution is -2.41. The van der Waals surface area contributed by atoms with E-state index in [-0.39, 0.29) is 39.4 Å². The molecule has 0 saturated carbocycles. The second kappa shape index (κ2) is 9.77. The maximum atomic E-state index is 13.4. The van der Waals surface area contributed by atoms with Crippen LogP contribution in [-0.4, -0.2) is 53.6 Å². The first-order chi connectivity index (χ1) is 16.6. The van der Waals surface area contributed by atoms with Gasteiger partial charge in [-0.15, -0.1) is 0 Å². The van der Waals surface area contributed by atoms with Gasteiger partial charge in [0.1, 0.15) is 23.2 Å². The molecular formula is C23H23Cl2N3O6S. The standard InChI is InChI=1S/C23H23Cl2N3O6S/c1-13-21(14(2)29)27-10-5-7-18(22(27)26-13)34-12-15-16(24)8-9-19(20(15)25)35(31,32)28-11-4-6-17(28)23(30)33-3/h5,7-10,17H,4,6,11-12H2,1-3H3/t17-/m0/s1. The summed E-state index contributed by atoms with van der Waals surface area (Å²) in [5.41, 5.74) is 1.70. The number of imidazole rings is 1. The van der Waals surface area contributed by atoms with Crippen LogP contribution in [0.2, 0.25) is 10.0 Å². The molecule has 1 saturated heterocycles. The summed E-state index contributed by atoms with van der Waals surface area (Å²) < 4.78 is 40.3. The number of hydrogen-bond donors (Lipinski definition) is 0. The highest BCUT2D eigenvalue weighted by Gasteiger charge is 2.41. The second-order valence-corrected chi connectivity index (χ2v) is 10.7. The van der Waals surface area contributed by atoms with Gasteiger partial charge in [-0.2, -0.15) is 4.31 Å². The van der Waals surface area contributed by atoms with Crippen LogP contribution in [0.15, 0.2) is 35.4 Å². The van der Waals surface area contributed by atoms with E-state index in [1.54, 1.807) is 29.7 Å². The monoisotopic (exact) mass is 539 g/mol. The Morgan fingerprint density at radius 3 is 2.66 bits per heavy atom. The first-order valence-corrected chi connectivity index (χ1v) is 13.0. The Balaban J connectivity index is 1.68. The predicted molar refractivity (Wildman–Crippen MR) is 130 cm³/mol. The fraction of sp³-hybridized carbons (Fsp3) is 0.348. The smallest absolute Gasteiger partial charge is 0.324 e. The third-order valence-electron chi connectivity index (χ3n) is 5.91. The number of ketones is 1. The number of pyridine rings is 1. The summed E-state index contributed by atoms with van der Waals surface area (Å²) >= 11 is 12.9. The normalized spacial score (nSPS) is 16.5. The highest BCUT2D eigenvalue weighted by molar-refractivity contribution is 7.89. The van der Waals surface area contributed by atoms with Gasteiger partial charge in [-0.1, -0.05) is 23.2 Å². The van der Waals surface area contributed by atoms with Gasteiger partial charge in [0.05, 0.1) is 17.8 Å². The van der Waals surface area contributed by atoms with Crippen molar-refractivity contribution in [2.45, 2.75) is 44.2 Å². The van der Waals surface area contributed by atoms with Crippen molar-refractivity contribution < 1.29 is 27.5 Å². The number of methoxy groups -OCH3 is 1. The molecule has 0 unspecified atom stereocenters. The fourth-order valence-corrected chi connectivity index (χ4v) is 6.79. The van der Waals surface area contributed by atoms with Gasteiger partial charge in [0, 0.05) is 30.3 Å². The highest BCUT2D eigenvalue weighted by atomic mass is 35.5. The molecule has 3 heterocycles. The molecule has 2 aromatic heterocycles. The van der Waals surface area contributed by atoms with Crippen LogP contribution in [0, 0.1) is 6.92 Å². The van der Waals surface area contributed by atoms with Gasteiger partial charge in [-0.3, -0.25) is 14.0 Å². The van der Waals surface area contributed by atoms with E-state index in [4.69, 9.17) is 32.7 Å². The molecule has 0 N–H and O–H groups in total. The van der Waals surface area contributed by atoms with Crippen LogP contribution in [0.1, 0.15) is 41.5 Å². The number of Topliss-reactive ketones (excluding diaryl/α,β-unsaturated/α-hetero) is 1. The maximum Gasteiger partial charge on any atom is 0.324 e. The topological polar surface area (TPSA) is 107 Å². The van der Waals surface area contributed by atoms with Crippen molar-refractivity contribution in [3.05, 3.63) is 57.5 Å². The molecule has 1 aromatic carbocycles. The fourth-order valence-electron chi connectivity index (χ4n) is 4.28. The number of halogens is 2. The Morgan fingerprint density at radius 1 is 1.23 bits per heavy atom. The molecule has 9 nitrogen and oxygen atoms in total. The molecule has 0 radical (unpaired) electrons. The number of carbonyl (C=O) groups is 2. The first-order valence-electron chi connectivity index (χ1n) is 10.8. The van der Waals surface area contributed by atoms with E-state index in [2.05, 4.69) is 4.98 Å². The van der Waals surface area contributed by atoms with Crippen molar-refractivity contribution in [1.29, 1.82) is 0 Å². The Labute approximate surface area is 212 Å². The largest absolute Gasteiger partial charge is 0.485 e. The molecular weight excluding hydrogens is 517 g/mol. The zero-order valence-corrected chi connectivity index (χ0v) is 21.6. The van der Waals surface area contributed by atoms with Gasteiger partial charge >= 0.3 is 5.97 Å². The summed E-state index contributed by atoms with van der Waals surface area (Å²) in [7, 11) is -2.89. The third-order valence-corrected chi connectivity index (χ3v) is 8.76. The molecule has 1 aliphatic rings. The Hall–Kier alpha value is -2.66. The summed E-state index contributed by atoms with van der Waals surface area (Å²) in [5, 5.41) is 0.125. The van der Waals surface area contributed by atoms with Crippen molar-refractivity contribution in [3.63, 3.8) is 0 Å². The van der Waals surface area contributed by atoms with Crippen LogP contribution in [0.5, 0.6) is 5.75 Å². The van der Waals surface area contributed by atoms with E-state index in [0.717, 1.165) is 4.31 Å². The average Bonchev–Trinajstić information content (AvgIpc) is 3.43. The Bertz CT molecular complexity index is 1440. The van der Waals surface area contributed by atoms with Crippen LogP contribution in [-0.2, 0) is 26.2 Å². The van der Waals surface area contributed by atoms with Gasteiger partial charge in [0.2, 0.25) is 10.0 Å². The number of hydrogen-bond acceptors (Lipinski definition) is 7. The molecule has 186 valence electrons. The number of aromatic nitrogens is 2. The number of benzene rings is 1. The summed E-state index contributed by atoms with van der Waals surface area (Å²) in [4.78, 5) is 28.4. The van der Waals surface area contributed by atoms with Crippen LogP contribution in [0.25, 0.3) is 5.65 Å². The van der Waals surface area contributed by atoms with Crippen LogP contribution in [0.3, 0.4) is 0 Å². The Morgan fingerprint density at radius 2 is 1.97 bits per heavy atom. The molecule has 12 heteroatoms. The molecule has 1 aliphatic heterocycles. The zero-order chi connectivity index (χ0) is 25.5. The van der Waals surface area contributed by atoms with Gasteiger partial charge in [0.25, 0.3) is 0 Å². The number of ether oxygens (including phenoxy) is 2. The summed E-state index contributed by atoms with van der Waals surface area (Å²) in [6.45, 7) is 3.21. The van der Waals surface area contributed by atoms with Crippen molar-refractivity contribution in [3.8, 4) is 5.75 Å². The number of sulfonamides is 1. The van der Waals surface area contributed by atoms with Gasteiger partial charge < -0.3 is 9.47 Å². The van der Waals surface area contributed by atoms with E-state index in [1.165, 1.54) is 26.2 Å². The van der Waals surface area contributed by atoms with Crippen molar-refractivity contribution in [2.75, 3.05) is 13.7 Å². The molecule has 0 amide bonds. The average molecular weight is 540 g/mol. The van der Waals surface area contributed by atoms with Crippen LogP contribution in [0.4, 0.5) is 0 Å². The SMILES string of the molecule is COC(=O)[C@@H]1CCCN1S(=O)(=O)c1ccc(Cl)c(COc2cccn3c(C(C)=O)c(C)nc23)c1Cl. The zero-order valence-electron chi connectivity index (χ0n) is 19.2. The number of carbonyl (C=O) groups excluding carboxylic acids is 2. The molecule has 0 aliphatic carbocycles. The van der Waals surface area contributed by atoms with Crippen molar-refractivity contribution in [1.82, 2.24) is 13.7 Å². The third kappa shape index (κ3) is 4.51. The minimum Gasteiger partial charge on any atom is -0.485 e. The lowest BCUT2D eigenvalue weighted by atomic mass is 10.2. The molecule has 35 heavy (non-hydrogen) atoms. The number of esters is 1. The van der Waals surface area contributed by atoms with Crippen molar-refractivity contribution >= 4 is 50.6 Å². The lowest BCUT2D eigenvalue weighted by Gasteiger charge is -2.23. The Kier molecular flexibility index (Phi) is 7.10. The van der Waals surface area contributed by atoms with Gasteiger partial charge in [0.15, 0.2) is 17.2 Å². The van der Waals surface area contributed by atoms with Crippen LogP contribution >= 0.6 is 23.2 Å². The van der Waals surface area contributed by atoms with E-state index in [9.17, 15) is 18.0 Å². The predicted octanol–water partition coefficient (Wildman–Crippen LogP) is 4.06. The number of fused-ring (bicyclic) bond motifs is 1. The van der Waals surface area contributed by atoms with Crippen LogP contribution < -0.4 is 4.74 Å². The molecule has 3 aromatic rings. The van der Waals surface area contributed by atoms with Gasteiger partial charge in [-0.05, 0) is 44.0 Å². The lowest BCUT2D eigenvalue weighted by molar-refractivity contribution is -0.144. The molecule has 0 bridgehead atoms. The molecule has 0 spiro atoms. The quantitative estimate of drug-likeness (QED) is 0.329.